The molecular weight excluding hydrogens is 284 g/mol. The fourth-order valence-electron chi connectivity index (χ4n) is 3.06. The topological polar surface area (TPSA) is 20.3 Å². The summed E-state index contributed by atoms with van der Waals surface area (Å²) < 4.78 is 27.2. The molecule has 0 radical (unpaired) electrons. The number of halogens is 2. The summed E-state index contributed by atoms with van der Waals surface area (Å²) in [6.45, 7) is 0.618. The molecular formula is C18H17F2NO. The molecule has 0 aromatic heterocycles. The third kappa shape index (κ3) is 3.01. The van der Waals surface area contributed by atoms with Crippen LogP contribution in [0.4, 0.5) is 8.78 Å². The molecule has 0 N–H and O–H groups in total. The number of rotatable bonds is 3. The standard InChI is InChI=1S/C18H17F2NO/c19-14-6-3-5-13(11-14)12-18(22)21-10-4-9-17(21)15-7-1-2-8-16(15)20/h1-3,5-8,11,17H,4,9-10,12H2. The average Bonchev–Trinajstić information content (AvgIpc) is 2.97. The summed E-state index contributed by atoms with van der Waals surface area (Å²) in [7, 11) is 0. The summed E-state index contributed by atoms with van der Waals surface area (Å²) in [6, 6.07) is 12.4. The second-order valence-electron chi connectivity index (χ2n) is 5.57. The van der Waals surface area contributed by atoms with E-state index in [0.717, 1.165) is 12.8 Å². The number of likely N-dealkylation sites (tertiary alicyclic amines) is 1. The van der Waals surface area contributed by atoms with Gasteiger partial charge in [-0.2, -0.15) is 0 Å². The highest BCUT2D eigenvalue weighted by Crippen LogP contribution is 2.33. The second kappa shape index (κ2) is 6.26. The van der Waals surface area contributed by atoms with E-state index >= 15 is 0 Å². The number of hydrogen-bond acceptors (Lipinski definition) is 1. The largest absolute Gasteiger partial charge is 0.335 e. The van der Waals surface area contributed by atoms with Crippen molar-refractivity contribution in [1.82, 2.24) is 4.90 Å². The van der Waals surface area contributed by atoms with Gasteiger partial charge in [-0.15, -0.1) is 0 Å². The first-order valence-electron chi connectivity index (χ1n) is 7.43. The summed E-state index contributed by atoms with van der Waals surface area (Å²) in [5.41, 5.74) is 1.21. The van der Waals surface area contributed by atoms with Crippen molar-refractivity contribution in [2.75, 3.05) is 6.54 Å². The lowest BCUT2D eigenvalue weighted by Gasteiger charge is -2.25. The van der Waals surface area contributed by atoms with Crippen LogP contribution in [-0.4, -0.2) is 17.4 Å². The van der Waals surface area contributed by atoms with Crippen molar-refractivity contribution in [2.45, 2.75) is 25.3 Å². The minimum Gasteiger partial charge on any atom is -0.335 e. The maximum atomic E-state index is 14.0. The van der Waals surface area contributed by atoms with Crippen LogP contribution in [0, 0.1) is 11.6 Å². The van der Waals surface area contributed by atoms with Gasteiger partial charge in [-0.3, -0.25) is 4.79 Å². The minimum atomic E-state index is -0.350. The van der Waals surface area contributed by atoms with Crippen LogP contribution in [0.25, 0.3) is 0 Å². The number of hydrogen-bond donors (Lipinski definition) is 0. The van der Waals surface area contributed by atoms with E-state index in [2.05, 4.69) is 0 Å². The fourth-order valence-corrected chi connectivity index (χ4v) is 3.06. The Hall–Kier alpha value is -2.23. The van der Waals surface area contributed by atoms with Crippen LogP contribution < -0.4 is 0 Å². The zero-order chi connectivity index (χ0) is 15.5. The molecule has 1 unspecified atom stereocenters. The number of benzene rings is 2. The van der Waals surface area contributed by atoms with Gasteiger partial charge in [0, 0.05) is 12.1 Å². The fraction of sp³-hybridized carbons (Fsp3) is 0.278. The van der Waals surface area contributed by atoms with Crippen molar-refractivity contribution in [3.05, 3.63) is 71.3 Å². The van der Waals surface area contributed by atoms with Gasteiger partial charge in [0.15, 0.2) is 0 Å². The predicted molar refractivity (Wildman–Crippen MR) is 80.2 cm³/mol. The first-order valence-corrected chi connectivity index (χ1v) is 7.43. The van der Waals surface area contributed by atoms with Gasteiger partial charge in [0.05, 0.1) is 12.5 Å². The van der Waals surface area contributed by atoms with Crippen molar-refractivity contribution in [1.29, 1.82) is 0 Å². The van der Waals surface area contributed by atoms with Gasteiger partial charge in [-0.05, 0) is 36.6 Å². The van der Waals surface area contributed by atoms with Gasteiger partial charge >= 0.3 is 0 Å². The minimum absolute atomic E-state index is 0.0867. The molecule has 2 aromatic rings. The highest BCUT2D eigenvalue weighted by Gasteiger charge is 2.31. The lowest BCUT2D eigenvalue weighted by atomic mass is 10.0. The van der Waals surface area contributed by atoms with E-state index in [-0.39, 0.29) is 30.0 Å². The van der Waals surface area contributed by atoms with Crippen molar-refractivity contribution < 1.29 is 13.6 Å². The zero-order valence-electron chi connectivity index (χ0n) is 12.1. The van der Waals surface area contributed by atoms with Crippen LogP contribution in [0.5, 0.6) is 0 Å². The summed E-state index contributed by atoms with van der Waals surface area (Å²) in [5.74, 6) is -0.716. The van der Waals surface area contributed by atoms with Gasteiger partial charge in [-0.1, -0.05) is 30.3 Å². The molecule has 1 amide bonds. The van der Waals surface area contributed by atoms with E-state index in [4.69, 9.17) is 0 Å². The van der Waals surface area contributed by atoms with E-state index in [1.807, 2.05) is 0 Å². The average molecular weight is 301 g/mol. The van der Waals surface area contributed by atoms with Crippen molar-refractivity contribution in [3.63, 3.8) is 0 Å². The molecule has 22 heavy (non-hydrogen) atoms. The zero-order valence-corrected chi connectivity index (χ0v) is 12.1. The molecule has 114 valence electrons. The van der Waals surface area contributed by atoms with Gasteiger partial charge in [0.2, 0.25) is 5.91 Å². The Kier molecular flexibility index (Phi) is 4.18. The number of carbonyl (C=O) groups is 1. The van der Waals surface area contributed by atoms with Crippen LogP contribution in [-0.2, 0) is 11.2 Å². The third-order valence-corrected chi connectivity index (χ3v) is 4.08. The highest BCUT2D eigenvalue weighted by molar-refractivity contribution is 5.79. The summed E-state index contributed by atoms with van der Waals surface area (Å²) >= 11 is 0. The first kappa shape index (κ1) is 14.7. The normalized spacial score (nSPS) is 17.7. The van der Waals surface area contributed by atoms with Crippen LogP contribution in [0.2, 0.25) is 0 Å². The van der Waals surface area contributed by atoms with Crippen molar-refractivity contribution in [2.24, 2.45) is 0 Å². The third-order valence-electron chi connectivity index (χ3n) is 4.08. The van der Waals surface area contributed by atoms with Crippen LogP contribution >= 0.6 is 0 Å². The van der Waals surface area contributed by atoms with E-state index in [1.165, 1.54) is 18.2 Å². The van der Waals surface area contributed by atoms with E-state index in [1.54, 1.807) is 35.2 Å². The Labute approximate surface area is 128 Å². The molecule has 0 saturated carbocycles. The molecule has 1 saturated heterocycles. The molecule has 1 heterocycles. The molecule has 1 atom stereocenters. The molecule has 1 aliphatic heterocycles. The van der Waals surface area contributed by atoms with Crippen LogP contribution in [0.3, 0.4) is 0 Å². The van der Waals surface area contributed by atoms with Crippen molar-refractivity contribution in [3.8, 4) is 0 Å². The Balaban J connectivity index is 1.78. The second-order valence-corrected chi connectivity index (χ2v) is 5.57. The van der Waals surface area contributed by atoms with Gasteiger partial charge in [0.1, 0.15) is 11.6 Å². The number of amides is 1. The highest BCUT2D eigenvalue weighted by atomic mass is 19.1. The summed E-state index contributed by atoms with van der Waals surface area (Å²) in [5, 5.41) is 0. The Morgan fingerprint density at radius 1 is 1.14 bits per heavy atom. The van der Waals surface area contributed by atoms with Gasteiger partial charge < -0.3 is 4.90 Å². The van der Waals surface area contributed by atoms with E-state index in [0.29, 0.717) is 17.7 Å². The Bertz CT molecular complexity index is 686. The molecule has 3 rings (SSSR count). The van der Waals surface area contributed by atoms with Crippen molar-refractivity contribution >= 4 is 5.91 Å². The maximum Gasteiger partial charge on any atom is 0.227 e. The summed E-state index contributed by atoms with van der Waals surface area (Å²) in [4.78, 5) is 14.2. The van der Waals surface area contributed by atoms with E-state index < -0.39 is 0 Å². The SMILES string of the molecule is O=C(Cc1cccc(F)c1)N1CCCC1c1ccccc1F. The van der Waals surface area contributed by atoms with E-state index in [9.17, 15) is 13.6 Å². The smallest absolute Gasteiger partial charge is 0.227 e. The Morgan fingerprint density at radius 2 is 1.95 bits per heavy atom. The molecule has 0 aliphatic carbocycles. The Morgan fingerprint density at radius 3 is 2.73 bits per heavy atom. The monoisotopic (exact) mass is 301 g/mol. The predicted octanol–water partition coefficient (Wildman–Crippen LogP) is 3.87. The molecule has 2 aromatic carbocycles. The molecule has 4 heteroatoms. The first-order chi connectivity index (χ1) is 10.6. The maximum absolute atomic E-state index is 14.0. The number of nitrogens with zero attached hydrogens (tertiary/aromatic N) is 1. The van der Waals surface area contributed by atoms with Crippen LogP contribution in [0.15, 0.2) is 48.5 Å². The van der Waals surface area contributed by atoms with Gasteiger partial charge in [0.25, 0.3) is 0 Å². The molecule has 0 bridgehead atoms. The quantitative estimate of drug-likeness (QED) is 0.842. The van der Waals surface area contributed by atoms with Gasteiger partial charge in [-0.25, -0.2) is 8.78 Å². The number of carbonyl (C=O) groups excluding carboxylic acids is 1. The van der Waals surface area contributed by atoms with Crippen LogP contribution in [0.1, 0.15) is 30.0 Å². The molecule has 2 nitrogen and oxygen atoms in total. The molecule has 1 aliphatic rings. The lowest BCUT2D eigenvalue weighted by Crippen LogP contribution is -2.32. The molecule has 0 spiro atoms. The molecule has 1 fully saturated rings. The lowest BCUT2D eigenvalue weighted by molar-refractivity contribution is -0.131. The summed E-state index contributed by atoms with van der Waals surface area (Å²) in [6.07, 6.45) is 1.76.